The van der Waals surface area contributed by atoms with Crippen molar-refractivity contribution in [3.8, 4) is 0 Å². The predicted octanol–water partition coefficient (Wildman–Crippen LogP) is 22.3. The van der Waals surface area contributed by atoms with Gasteiger partial charge in [0.15, 0.2) is 6.10 Å². The minimum absolute atomic E-state index is 0.113. The molecule has 0 aliphatic carbocycles. The molecule has 0 aromatic rings. The van der Waals surface area contributed by atoms with Gasteiger partial charge in [0.05, 0.1) is 0 Å². The number of hydrogen-bond donors (Lipinski definition) is 0. The molecular weight excluding hydrogens is 985 g/mol. The molecule has 0 saturated carbocycles. The molecule has 1 atom stereocenters. The van der Waals surface area contributed by atoms with E-state index in [0.717, 1.165) is 180 Å². The van der Waals surface area contributed by atoms with Gasteiger partial charge in [-0.05, 0) is 154 Å². The Kier molecular flexibility index (Phi) is 61.9. The van der Waals surface area contributed by atoms with Crippen molar-refractivity contribution < 1.29 is 28.6 Å². The number of carbonyl (C=O) groups excluding carboxylic acids is 3. The van der Waals surface area contributed by atoms with Crippen molar-refractivity contribution in [2.75, 3.05) is 13.2 Å². The van der Waals surface area contributed by atoms with Gasteiger partial charge in [0.1, 0.15) is 13.2 Å². The lowest BCUT2D eigenvalue weighted by molar-refractivity contribution is -0.167. The quantitative estimate of drug-likeness (QED) is 0.0261. The molecule has 0 N–H and O–H groups in total. The Morgan fingerprint density at radius 1 is 0.263 bits per heavy atom. The lowest BCUT2D eigenvalue weighted by atomic mass is 10.1. The second-order valence-electron chi connectivity index (χ2n) is 20.5. The molecule has 0 aliphatic heterocycles. The number of esters is 3. The van der Waals surface area contributed by atoms with Crippen molar-refractivity contribution in [3.05, 3.63) is 170 Å². The predicted molar refractivity (Wildman–Crippen MR) is 348 cm³/mol. The van der Waals surface area contributed by atoms with E-state index in [9.17, 15) is 14.4 Å². The van der Waals surface area contributed by atoms with Crippen LogP contribution in [0.1, 0.15) is 258 Å². The van der Waals surface area contributed by atoms with Crippen LogP contribution < -0.4 is 0 Å². The van der Waals surface area contributed by atoms with Crippen LogP contribution in [0.3, 0.4) is 0 Å². The van der Waals surface area contributed by atoms with E-state index in [-0.39, 0.29) is 37.5 Å². The number of rotatable bonds is 56. The van der Waals surface area contributed by atoms with Crippen LogP contribution in [0.4, 0.5) is 0 Å². The van der Waals surface area contributed by atoms with Crippen LogP contribution in [-0.2, 0) is 28.6 Å². The van der Waals surface area contributed by atoms with Gasteiger partial charge in [-0.15, -0.1) is 0 Å². The Bertz CT molecular complexity index is 1840. The molecular formula is C74H116O6. The molecule has 0 heterocycles. The van der Waals surface area contributed by atoms with E-state index < -0.39 is 6.10 Å². The van der Waals surface area contributed by atoms with Gasteiger partial charge in [-0.25, -0.2) is 0 Å². The van der Waals surface area contributed by atoms with Crippen molar-refractivity contribution in [2.45, 2.75) is 264 Å². The van der Waals surface area contributed by atoms with Gasteiger partial charge in [-0.3, -0.25) is 14.4 Å². The number of unbranched alkanes of at least 4 members (excludes halogenated alkanes) is 17. The third-order valence-corrected chi connectivity index (χ3v) is 12.9. The van der Waals surface area contributed by atoms with Crippen LogP contribution in [0, 0.1) is 0 Å². The average molecular weight is 1100 g/mol. The Labute approximate surface area is 492 Å². The third kappa shape index (κ3) is 63.6. The maximum Gasteiger partial charge on any atom is 0.306 e. The lowest BCUT2D eigenvalue weighted by Gasteiger charge is -2.18. The SMILES string of the molecule is CC/C=C\C/C=C\C/C=C\C/C=C\C/C=C\C/C=C\C/C=C\CCCCCCCC(=O)OCC(COC(=O)CCCCCCC/C=C\C/C=C\CCCCCC)OC(=O)CCCCC/C=C\C/C=C\C/C=C\C/C=C\C/C=C\CC. The fourth-order valence-electron chi connectivity index (χ4n) is 8.18. The maximum absolute atomic E-state index is 12.9. The standard InChI is InChI=1S/C74H116O6/c1-4-7-10-13-16-19-22-25-28-31-33-34-35-36-37-38-39-40-42-43-46-49-52-55-58-61-64-67-73(76)79-70-71(69-78-72(75)66-63-60-57-54-51-48-45-30-27-24-21-18-15-12-9-6-3)80-74(77)68-65-62-59-56-53-50-47-44-41-32-29-26-23-20-17-14-11-8-5-2/h7-8,10-11,16-17,19-21,24-26,28-30,33-34,36-37,39-41,43-46,50,53,71H,4-6,9,12-15,18,22-23,27,31-32,35,38,42,47-49,51-52,54-70H2,1-3H3/b10-7-,11-8-,19-16-,20-17-,24-21-,28-25-,29-26-,34-33-,37-36-,40-39-,44-41-,45-30-,46-43-,53-50-. The Hall–Kier alpha value is -5.23. The van der Waals surface area contributed by atoms with Crippen LogP contribution in [0.15, 0.2) is 170 Å². The minimum Gasteiger partial charge on any atom is -0.462 e. The molecule has 0 bridgehead atoms. The molecule has 448 valence electrons. The van der Waals surface area contributed by atoms with E-state index >= 15 is 0 Å². The molecule has 1 unspecified atom stereocenters. The first-order chi connectivity index (χ1) is 39.5. The van der Waals surface area contributed by atoms with Crippen LogP contribution in [0.25, 0.3) is 0 Å². The van der Waals surface area contributed by atoms with Crippen molar-refractivity contribution in [3.63, 3.8) is 0 Å². The van der Waals surface area contributed by atoms with E-state index in [1.807, 2.05) is 0 Å². The molecule has 0 spiro atoms. The topological polar surface area (TPSA) is 78.9 Å². The lowest BCUT2D eigenvalue weighted by Crippen LogP contribution is -2.30. The zero-order valence-electron chi connectivity index (χ0n) is 51.3. The highest BCUT2D eigenvalue weighted by Crippen LogP contribution is 2.13. The van der Waals surface area contributed by atoms with Gasteiger partial charge in [0.2, 0.25) is 0 Å². The molecule has 80 heavy (non-hydrogen) atoms. The van der Waals surface area contributed by atoms with Crippen LogP contribution in [0.2, 0.25) is 0 Å². The van der Waals surface area contributed by atoms with Gasteiger partial charge in [-0.1, -0.05) is 255 Å². The summed E-state index contributed by atoms with van der Waals surface area (Å²) in [5.74, 6) is -0.982. The number of ether oxygens (including phenoxy) is 3. The molecule has 0 aliphatic rings. The largest absolute Gasteiger partial charge is 0.462 e. The summed E-state index contributed by atoms with van der Waals surface area (Å²) in [6.45, 7) is 6.33. The van der Waals surface area contributed by atoms with Crippen molar-refractivity contribution in [1.82, 2.24) is 0 Å². The third-order valence-electron chi connectivity index (χ3n) is 12.9. The van der Waals surface area contributed by atoms with Crippen LogP contribution in [0.5, 0.6) is 0 Å². The summed E-state index contributed by atoms with van der Waals surface area (Å²) in [5.41, 5.74) is 0. The summed E-state index contributed by atoms with van der Waals surface area (Å²) in [5, 5.41) is 0. The number of allylic oxidation sites excluding steroid dienone is 28. The number of carbonyl (C=O) groups is 3. The summed E-state index contributed by atoms with van der Waals surface area (Å²) in [6, 6.07) is 0. The van der Waals surface area contributed by atoms with Crippen LogP contribution in [-0.4, -0.2) is 37.2 Å². The van der Waals surface area contributed by atoms with E-state index in [4.69, 9.17) is 14.2 Å². The molecule has 0 rings (SSSR count). The van der Waals surface area contributed by atoms with Gasteiger partial charge < -0.3 is 14.2 Å². The fraction of sp³-hybridized carbons (Fsp3) is 0.581. The summed E-state index contributed by atoms with van der Waals surface area (Å²) in [7, 11) is 0. The maximum atomic E-state index is 12.9. The molecule has 0 saturated heterocycles. The molecule has 6 heteroatoms. The van der Waals surface area contributed by atoms with Crippen molar-refractivity contribution >= 4 is 17.9 Å². The first-order valence-corrected chi connectivity index (χ1v) is 32.1. The number of hydrogen-bond acceptors (Lipinski definition) is 6. The Morgan fingerprint density at radius 3 is 0.775 bits per heavy atom. The van der Waals surface area contributed by atoms with Crippen molar-refractivity contribution in [2.24, 2.45) is 0 Å². The minimum atomic E-state index is -0.821. The van der Waals surface area contributed by atoms with E-state index in [1.165, 1.54) is 32.1 Å². The summed E-state index contributed by atoms with van der Waals surface area (Å²) in [4.78, 5) is 38.3. The fourth-order valence-corrected chi connectivity index (χ4v) is 8.18. The van der Waals surface area contributed by atoms with Gasteiger partial charge in [0, 0.05) is 19.3 Å². The molecule has 0 radical (unpaired) electrons. The molecule has 0 aromatic carbocycles. The normalized spacial score (nSPS) is 13.3. The Balaban J connectivity index is 4.51. The van der Waals surface area contributed by atoms with Crippen LogP contribution >= 0.6 is 0 Å². The molecule has 0 amide bonds. The molecule has 0 fully saturated rings. The highest BCUT2D eigenvalue weighted by atomic mass is 16.6. The molecule has 6 nitrogen and oxygen atoms in total. The zero-order chi connectivity index (χ0) is 57.8. The molecule has 0 aromatic heterocycles. The zero-order valence-corrected chi connectivity index (χ0v) is 51.3. The van der Waals surface area contributed by atoms with E-state index in [0.29, 0.717) is 19.3 Å². The summed E-state index contributed by atoms with van der Waals surface area (Å²) < 4.78 is 16.9. The van der Waals surface area contributed by atoms with Gasteiger partial charge in [-0.2, -0.15) is 0 Å². The van der Waals surface area contributed by atoms with E-state index in [1.54, 1.807) is 0 Å². The monoisotopic (exact) mass is 1100 g/mol. The van der Waals surface area contributed by atoms with E-state index in [2.05, 4.69) is 191 Å². The summed E-state index contributed by atoms with van der Waals surface area (Å²) >= 11 is 0. The first kappa shape index (κ1) is 74.8. The average Bonchev–Trinajstić information content (AvgIpc) is 3.46. The summed E-state index contributed by atoms with van der Waals surface area (Å²) in [6.07, 6.45) is 97.8. The second-order valence-corrected chi connectivity index (χ2v) is 20.5. The first-order valence-electron chi connectivity index (χ1n) is 32.1. The van der Waals surface area contributed by atoms with Gasteiger partial charge >= 0.3 is 17.9 Å². The second kappa shape index (κ2) is 66.3. The van der Waals surface area contributed by atoms with Crippen molar-refractivity contribution in [1.29, 1.82) is 0 Å². The smallest absolute Gasteiger partial charge is 0.306 e. The highest BCUT2D eigenvalue weighted by molar-refractivity contribution is 5.71. The van der Waals surface area contributed by atoms with Gasteiger partial charge in [0.25, 0.3) is 0 Å². The Morgan fingerprint density at radius 2 is 0.487 bits per heavy atom. The highest BCUT2D eigenvalue weighted by Gasteiger charge is 2.19.